The van der Waals surface area contributed by atoms with Gasteiger partial charge in [0.15, 0.2) is 0 Å². The van der Waals surface area contributed by atoms with E-state index in [0.717, 1.165) is 56.0 Å². The summed E-state index contributed by atoms with van der Waals surface area (Å²) in [6.45, 7) is 5.39. The van der Waals surface area contributed by atoms with Crippen LogP contribution in [0.5, 0.6) is 0 Å². The van der Waals surface area contributed by atoms with Crippen LogP contribution < -0.4 is 10.6 Å². The van der Waals surface area contributed by atoms with Gasteiger partial charge in [0.2, 0.25) is 0 Å². The smallest absolute Gasteiger partial charge is 0.264 e. The van der Waals surface area contributed by atoms with Gasteiger partial charge in [-0.1, -0.05) is 11.4 Å². The summed E-state index contributed by atoms with van der Waals surface area (Å²) in [6, 6.07) is 0. The van der Waals surface area contributed by atoms with Crippen molar-refractivity contribution in [3.05, 3.63) is 10.6 Å². The van der Waals surface area contributed by atoms with Gasteiger partial charge in [0.25, 0.3) is 5.91 Å². The lowest BCUT2D eigenvalue weighted by molar-refractivity contribution is 0.0318. The highest BCUT2D eigenvalue weighted by Crippen LogP contribution is 2.11. The molecule has 0 atom stereocenters. The van der Waals surface area contributed by atoms with Crippen LogP contribution in [0, 0.1) is 0 Å². The molecule has 1 aliphatic heterocycles. The quantitative estimate of drug-likeness (QED) is 0.734. The van der Waals surface area contributed by atoms with E-state index in [9.17, 15) is 4.79 Å². The average molecular weight is 298 g/mol. The predicted octanol–water partition coefficient (Wildman–Crippen LogP) is 0.989. The second-order valence-corrected chi connectivity index (χ2v) is 5.59. The Hall–Kier alpha value is -1.05. The molecule has 0 bridgehead atoms. The van der Waals surface area contributed by atoms with Crippen molar-refractivity contribution in [1.82, 2.24) is 20.2 Å². The van der Waals surface area contributed by atoms with E-state index in [1.807, 2.05) is 6.92 Å². The van der Waals surface area contributed by atoms with E-state index in [1.54, 1.807) is 0 Å². The first-order valence-electron chi connectivity index (χ1n) is 7.23. The maximum atomic E-state index is 11.9. The predicted molar refractivity (Wildman–Crippen MR) is 78.1 cm³/mol. The lowest BCUT2D eigenvalue weighted by Gasteiger charge is -2.22. The van der Waals surface area contributed by atoms with Crippen molar-refractivity contribution in [3.63, 3.8) is 0 Å². The Kier molecular flexibility index (Phi) is 6.35. The number of ether oxygens (including phenoxy) is 1. The number of hydrogen-bond donors (Lipinski definition) is 2. The standard InChI is InChI=1S/C13H22N4O2S/c1-2-11-12(20-17-16-11)13(18)15-6-3-9-19-10-4-7-14-8-5-10/h10,14H,2-9H2,1H3,(H,15,18). The second kappa shape index (κ2) is 8.28. The molecule has 1 aliphatic rings. The van der Waals surface area contributed by atoms with Gasteiger partial charge in [-0.25, -0.2) is 0 Å². The molecule has 2 rings (SSSR count). The molecule has 1 aromatic rings. The fourth-order valence-electron chi connectivity index (χ4n) is 2.18. The Labute approximate surface area is 123 Å². The zero-order valence-corrected chi connectivity index (χ0v) is 12.7. The molecule has 0 aromatic carbocycles. The van der Waals surface area contributed by atoms with Crippen LogP contribution in [0.1, 0.15) is 41.6 Å². The van der Waals surface area contributed by atoms with Gasteiger partial charge < -0.3 is 15.4 Å². The number of piperidine rings is 1. The minimum absolute atomic E-state index is 0.0706. The molecule has 7 heteroatoms. The van der Waals surface area contributed by atoms with Crippen LogP contribution in [0.2, 0.25) is 0 Å². The number of aromatic nitrogens is 2. The zero-order chi connectivity index (χ0) is 14.2. The molecule has 0 spiro atoms. The first-order chi connectivity index (χ1) is 9.81. The fraction of sp³-hybridized carbons (Fsp3) is 0.769. The first-order valence-corrected chi connectivity index (χ1v) is 8.00. The molecule has 1 amide bonds. The van der Waals surface area contributed by atoms with E-state index in [0.29, 0.717) is 24.1 Å². The maximum Gasteiger partial charge on any atom is 0.264 e. The topological polar surface area (TPSA) is 76.1 Å². The van der Waals surface area contributed by atoms with E-state index >= 15 is 0 Å². The van der Waals surface area contributed by atoms with Gasteiger partial charge in [0, 0.05) is 13.2 Å². The van der Waals surface area contributed by atoms with E-state index < -0.39 is 0 Å². The Morgan fingerprint density at radius 2 is 2.30 bits per heavy atom. The number of carbonyl (C=O) groups is 1. The Bertz CT molecular complexity index is 418. The summed E-state index contributed by atoms with van der Waals surface area (Å²) in [7, 11) is 0. The molecular weight excluding hydrogens is 276 g/mol. The molecule has 1 aromatic heterocycles. The number of carbonyl (C=O) groups excluding carboxylic acids is 1. The summed E-state index contributed by atoms with van der Waals surface area (Å²) >= 11 is 1.16. The summed E-state index contributed by atoms with van der Waals surface area (Å²) in [5, 5.41) is 10.1. The summed E-state index contributed by atoms with van der Waals surface area (Å²) in [5.74, 6) is -0.0706. The van der Waals surface area contributed by atoms with Gasteiger partial charge in [-0.2, -0.15) is 0 Å². The molecular formula is C13H22N4O2S. The van der Waals surface area contributed by atoms with Crippen LogP contribution in [-0.2, 0) is 11.2 Å². The van der Waals surface area contributed by atoms with E-state index in [1.165, 1.54) is 0 Å². The van der Waals surface area contributed by atoms with Crippen LogP contribution in [0.25, 0.3) is 0 Å². The van der Waals surface area contributed by atoms with Gasteiger partial charge in [-0.05, 0) is 50.3 Å². The van der Waals surface area contributed by atoms with Gasteiger partial charge in [0.05, 0.1) is 11.8 Å². The number of amides is 1. The molecule has 0 aliphatic carbocycles. The summed E-state index contributed by atoms with van der Waals surface area (Å²) < 4.78 is 9.61. The molecule has 6 nitrogen and oxygen atoms in total. The maximum absolute atomic E-state index is 11.9. The van der Waals surface area contributed by atoms with Crippen molar-refractivity contribution in [3.8, 4) is 0 Å². The van der Waals surface area contributed by atoms with Crippen molar-refractivity contribution in [1.29, 1.82) is 0 Å². The second-order valence-electron chi connectivity index (χ2n) is 4.83. The Balaban J connectivity index is 1.59. The first kappa shape index (κ1) is 15.3. The van der Waals surface area contributed by atoms with Gasteiger partial charge in [0.1, 0.15) is 4.88 Å². The van der Waals surface area contributed by atoms with Gasteiger partial charge in [-0.3, -0.25) is 4.79 Å². The summed E-state index contributed by atoms with van der Waals surface area (Å²) in [4.78, 5) is 12.6. The highest BCUT2D eigenvalue weighted by atomic mass is 32.1. The van der Waals surface area contributed by atoms with Crippen LogP contribution in [-0.4, -0.2) is 47.8 Å². The molecule has 0 unspecified atom stereocenters. The zero-order valence-electron chi connectivity index (χ0n) is 11.9. The molecule has 1 saturated heterocycles. The monoisotopic (exact) mass is 298 g/mol. The van der Waals surface area contributed by atoms with E-state index in [-0.39, 0.29) is 5.91 Å². The minimum Gasteiger partial charge on any atom is -0.378 e. The van der Waals surface area contributed by atoms with Gasteiger partial charge in [-0.15, -0.1) is 5.10 Å². The van der Waals surface area contributed by atoms with Crippen LogP contribution in [0.15, 0.2) is 0 Å². The lowest BCUT2D eigenvalue weighted by atomic mass is 10.1. The number of hydrogen-bond acceptors (Lipinski definition) is 6. The highest BCUT2D eigenvalue weighted by Gasteiger charge is 2.15. The largest absolute Gasteiger partial charge is 0.378 e. The fourth-order valence-corrected chi connectivity index (χ4v) is 2.85. The molecule has 0 radical (unpaired) electrons. The highest BCUT2D eigenvalue weighted by molar-refractivity contribution is 7.08. The number of aryl methyl sites for hydroxylation is 1. The van der Waals surface area contributed by atoms with Crippen molar-refractivity contribution >= 4 is 17.4 Å². The molecule has 0 saturated carbocycles. The SMILES string of the molecule is CCc1nnsc1C(=O)NCCCOC1CCNCC1. The van der Waals surface area contributed by atoms with Crippen molar-refractivity contribution in [2.45, 2.75) is 38.7 Å². The number of rotatable bonds is 7. The van der Waals surface area contributed by atoms with Crippen LogP contribution in [0.3, 0.4) is 0 Å². The number of nitrogens with zero attached hydrogens (tertiary/aromatic N) is 2. The lowest BCUT2D eigenvalue weighted by Crippen LogP contribution is -2.33. The number of nitrogens with one attached hydrogen (secondary N) is 2. The van der Waals surface area contributed by atoms with E-state index in [2.05, 4.69) is 20.2 Å². The minimum atomic E-state index is -0.0706. The van der Waals surface area contributed by atoms with Crippen molar-refractivity contribution < 1.29 is 9.53 Å². The van der Waals surface area contributed by atoms with Crippen molar-refractivity contribution in [2.24, 2.45) is 0 Å². The van der Waals surface area contributed by atoms with Crippen LogP contribution in [0.4, 0.5) is 0 Å². The van der Waals surface area contributed by atoms with Crippen LogP contribution >= 0.6 is 11.5 Å². The average Bonchev–Trinajstić information content (AvgIpc) is 2.96. The third-order valence-corrected chi connectivity index (χ3v) is 4.11. The van der Waals surface area contributed by atoms with E-state index in [4.69, 9.17) is 4.74 Å². The van der Waals surface area contributed by atoms with Crippen molar-refractivity contribution in [2.75, 3.05) is 26.2 Å². The molecule has 1 fully saturated rings. The molecule has 112 valence electrons. The summed E-state index contributed by atoms with van der Waals surface area (Å²) in [6.07, 6.45) is 4.11. The third kappa shape index (κ3) is 4.50. The van der Waals surface area contributed by atoms with Gasteiger partial charge >= 0.3 is 0 Å². The molecule has 2 heterocycles. The Morgan fingerprint density at radius 1 is 1.50 bits per heavy atom. The Morgan fingerprint density at radius 3 is 3.05 bits per heavy atom. The molecule has 2 N–H and O–H groups in total. The summed E-state index contributed by atoms with van der Waals surface area (Å²) in [5.41, 5.74) is 0.776. The molecule has 20 heavy (non-hydrogen) atoms. The normalized spacial score (nSPS) is 16.2. The third-order valence-electron chi connectivity index (χ3n) is 3.34.